The molecule has 0 aliphatic carbocycles. The number of aromatic amines is 1. The van der Waals surface area contributed by atoms with Gasteiger partial charge in [-0.15, -0.1) is 0 Å². The fourth-order valence-electron chi connectivity index (χ4n) is 4.22. The predicted molar refractivity (Wildman–Crippen MR) is 118 cm³/mol. The summed E-state index contributed by atoms with van der Waals surface area (Å²) in [5.74, 6) is -1.87. The van der Waals surface area contributed by atoms with E-state index in [4.69, 9.17) is 4.98 Å². The van der Waals surface area contributed by atoms with Crippen LogP contribution in [0.1, 0.15) is 54.6 Å². The number of hydrogen-bond acceptors (Lipinski definition) is 4. The van der Waals surface area contributed by atoms with Crippen LogP contribution in [0.2, 0.25) is 0 Å². The molecule has 2 aromatic carbocycles. The number of fused-ring (bicyclic) bond motifs is 1. The van der Waals surface area contributed by atoms with E-state index >= 15 is 0 Å². The van der Waals surface area contributed by atoms with Crippen LogP contribution in [0.25, 0.3) is 0 Å². The third kappa shape index (κ3) is 4.18. The standard InChI is InChI=1S/C25H25F2N3O3/c1-3-25(2,15-7-5-4-6-8-15)24-28-20-11-12-30(14-18(20)22(32)29-24)23(33)21(31)17-13-16(26)9-10-19(17)27/h4-10,13,21,31H,3,11-12,14H2,1-2H3,(H,28,29,32). The number of nitrogens with zero attached hydrogens (tertiary/aromatic N) is 2. The Balaban J connectivity index is 1.62. The smallest absolute Gasteiger partial charge is 0.256 e. The van der Waals surface area contributed by atoms with Crippen molar-refractivity contribution < 1.29 is 18.7 Å². The molecule has 1 aliphatic rings. The summed E-state index contributed by atoms with van der Waals surface area (Å²) in [6.07, 6.45) is -0.838. The molecule has 172 valence electrons. The van der Waals surface area contributed by atoms with Crippen LogP contribution in [-0.2, 0) is 23.2 Å². The number of halogens is 2. The SMILES string of the molecule is CCC(C)(c1ccccc1)c1nc2c(c(=O)[nH]1)CN(C(=O)C(O)c1cc(F)ccc1F)CC2. The van der Waals surface area contributed by atoms with Gasteiger partial charge in [0.05, 0.1) is 23.2 Å². The van der Waals surface area contributed by atoms with Gasteiger partial charge in [-0.25, -0.2) is 13.8 Å². The summed E-state index contributed by atoms with van der Waals surface area (Å²) in [6.45, 7) is 4.18. The molecule has 4 rings (SSSR count). The number of aliphatic hydroxyl groups excluding tert-OH is 1. The molecule has 1 aliphatic heterocycles. The van der Waals surface area contributed by atoms with E-state index in [9.17, 15) is 23.5 Å². The van der Waals surface area contributed by atoms with Crippen molar-refractivity contribution in [2.45, 2.75) is 44.8 Å². The lowest BCUT2D eigenvalue weighted by molar-refractivity contribution is -0.141. The Labute approximate surface area is 189 Å². The van der Waals surface area contributed by atoms with Gasteiger partial charge in [-0.3, -0.25) is 9.59 Å². The molecular formula is C25H25F2N3O3. The summed E-state index contributed by atoms with van der Waals surface area (Å²) in [4.78, 5) is 34.7. The Bertz CT molecular complexity index is 1250. The van der Waals surface area contributed by atoms with E-state index < -0.39 is 34.6 Å². The van der Waals surface area contributed by atoms with E-state index in [1.54, 1.807) is 0 Å². The first-order valence-corrected chi connectivity index (χ1v) is 10.8. The maximum atomic E-state index is 14.0. The Morgan fingerprint density at radius 3 is 2.67 bits per heavy atom. The molecule has 6 nitrogen and oxygen atoms in total. The number of H-pyrrole nitrogens is 1. The van der Waals surface area contributed by atoms with Gasteiger partial charge >= 0.3 is 0 Å². The Kier molecular flexibility index (Phi) is 6.12. The lowest BCUT2D eigenvalue weighted by Crippen LogP contribution is -2.43. The van der Waals surface area contributed by atoms with Crippen molar-refractivity contribution in [2.75, 3.05) is 6.54 Å². The zero-order valence-electron chi connectivity index (χ0n) is 18.4. The van der Waals surface area contributed by atoms with Crippen LogP contribution < -0.4 is 5.56 Å². The molecule has 0 saturated heterocycles. The van der Waals surface area contributed by atoms with Crippen LogP contribution in [0.4, 0.5) is 8.78 Å². The van der Waals surface area contributed by atoms with Crippen LogP contribution in [0.15, 0.2) is 53.3 Å². The number of amides is 1. The van der Waals surface area contributed by atoms with E-state index in [-0.39, 0.29) is 18.6 Å². The summed E-state index contributed by atoms with van der Waals surface area (Å²) in [6, 6.07) is 12.4. The van der Waals surface area contributed by atoms with Gasteiger partial charge in [-0.05, 0) is 37.1 Å². The van der Waals surface area contributed by atoms with Gasteiger partial charge in [0.1, 0.15) is 17.5 Å². The molecule has 2 unspecified atom stereocenters. The molecule has 0 spiro atoms. The van der Waals surface area contributed by atoms with Crippen molar-refractivity contribution in [1.29, 1.82) is 0 Å². The molecule has 8 heteroatoms. The van der Waals surface area contributed by atoms with Crippen LogP contribution in [-0.4, -0.2) is 32.4 Å². The van der Waals surface area contributed by atoms with E-state index in [1.165, 1.54) is 4.90 Å². The van der Waals surface area contributed by atoms with Crippen molar-refractivity contribution in [3.05, 3.63) is 98.7 Å². The van der Waals surface area contributed by atoms with Crippen LogP contribution in [0.3, 0.4) is 0 Å². The topological polar surface area (TPSA) is 86.3 Å². The second-order valence-corrected chi connectivity index (χ2v) is 8.47. The molecule has 2 atom stereocenters. The highest BCUT2D eigenvalue weighted by Gasteiger charge is 2.34. The van der Waals surface area contributed by atoms with E-state index in [0.717, 1.165) is 30.2 Å². The second-order valence-electron chi connectivity index (χ2n) is 8.47. The first-order chi connectivity index (χ1) is 15.7. The number of aromatic nitrogens is 2. The van der Waals surface area contributed by atoms with Crippen LogP contribution in [0.5, 0.6) is 0 Å². The number of carbonyl (C=O) groups excluding carboxylic acids is 1. The van der Waals surface area contributed by atoms with E-state index in [2.05, 4.69) is 4.98 Å². The third-order valence-electron chi connectivity index (χ3n) is 6.51. The first-order valence-electron chi connectivity index (χ1n) is 10.8. The third-order valence-corrected chi connectivity index (χ3v) is 6.51. The van der Waals surface area contributed by atoms with Crippen molar-refractivity contribution in [3.63, 3.8) is 0 Å². The van der Waals surface area contributed by atoms with Crippen molar-refractivity contribution in [2.24, 2.45) is 0 Å². The minimum absolute atomic E-state index is 0.0705. The number of nitrogens with one attached hydrogen (secondary N) is 1. The quantitative estimate of drug-likeness (QED) is 0.620. The average Bonchev–Trinajstić information content (AvgIpc) is 2.84. The Morgan fingerprint density at radius 2 is 1.97 bits per heavy atom. The van der Waals surface area contributed by atoms with Gasteiger partial charge in [-0.1, -0.05) is 37.3 Å². The normalized spacial score (nSPS) is 16.1. The highest BCUT2D eigenvalue weighted by Crippen LogP contribution is 2.33. The van der Waals surface area contributed by atoms with Gasteiger partial charge < -0.3 is 15.0 Å². The molecule has 2 N–H and O–H groups in total. The summed E-state index contributed by atoms with van der Waals surface area (Å²) in [5.41, 5.74) is 0.678. The number of benzene rings is 2. The summed E-state index contributed by atoms with van der Waals surface area (Å²) in [7, 11) is 0. The number of rotatable bonds is 5. The minimum Gasteiger partial charge on any atom is -0.378 e. The fourth-order valence-corrected chi connectivity index (χ4v) is 4.22. The summed E-state index contributed by atoms with van der Waals surface area (Å²) >= 11 is 0. The monoisotopic (exact) mass is 453 g/mol. The number of hydrogen-bond donors (Lipinski definition) is 2. The van der Waals surface area contributed by atoms with Crippen LogP contribution >= 0.6 is 0 Å². The molecule has 3 aromatic rings. The van der Waals surface area contributed by atoms with Gasteiger partial charge in [0, 0.05) is 18.5 Å². The Hall–Kier alpha value is -3.39. The molecule has 1 aromatic heterocycles. The van der Waals surface area contributed by atoms with Gasteiger partial charge in [0.25, 0.3) is 11.5 Å². The predicted octanol–water partition coefficient (Wildman–Crippen LogP) is 3.38. The summed E-state index contributed by atoms with van der Waals surface area (Å²) < 4.78 is 27.5. The second kappa shape index (κ2) is 8.86. The molecular weight excluding hydrogens is 428 g/mol. The van der Waals surface area contributed by atoms with E-state index in [1.807, 2.05) is 44.2 Å². The number of aliphatic hydroxyl groups is 1. The van der Waals surface area contributed by atoms with Crippen molar-refractivity contribution in [1.82, 2.24) is 14.9 Å². The largest absolute Gasteiger partial charge is 0.378 e. The first kappa shape index (κ1) is 22.8. The van der Waals surface area contributed by atoms with Crippen molar-refractivity contribution in [3.8, 4) is 0 Å². The number of carbonyl (C=O) groups is 1. The maximum Gasteiger partial charge on any atom is 0.256 e. The zero-order valence-corrected chi connectivity index (χ0v) is 18.4. The highest BCUT2D eigenvalue weighted by atomic mass is 19.1. The van der Waals surface area contributed by atoms with Gasteiger partial charge in [-0.2, -0.15) is 0 Å². The Morgan fingerprint density at radius 1 is 1.24 bits per heavy atom. The minimum atomic E-state index is -1.87. The molecule has 0 bridgehead atoms. The lowest BCUT2D eigenvalue weighted by Gasteiger charge is -2.32. The van der Waals surface area contributed by atoms with Gasteiger partial charge in [0.15, 0.2) is 6.10 Å². The van der Waals surface area contributed by atoms with Crippen LogP contribution in [0, 0.1) is 11.6 Å². The summed E-state index contributed by atoms with van der Waals surface area (Å²) in [5, 5.41) is 10.4. The molecule has 0 radical (unpaired) electrons. The maximum absolute atomic E-state index is 14.0. The van der Waals surface area contributed by atoms with Crippen molar-refractivity contribution >= 4 is 5.91 Å². The zero-order chi connectivity index (χ0) is 23.8. The lowest BCUT2D eigenvalue weighted by atomic mass is 9.79. The molecule has 1 amide bonds. The van der Waals surface area contributed by atoms with E-state index in [0.29, 0.717) is 23.5 Å². The molecule has 0 fully saturated rings. The molecule has 2 heterocycles. The average molecular weight is 453 g/mol. The highest BCUT2D eigenvalue weighted by molar-refractivity contribution is 5.82. The molecule has 33 heavy (non-hydrogen) atoms. The molecule has 0 saturated carbocycles. The fraction of sp³-hybridized carbons (Fsp3) is 0.320. The van der Waals surface area contributed by atoms with Gasteiger partial charge in [0.2, 0.25) is 0 Å².